The number of anilines is 1. The summed E-state index contributed by atoms with van der Waals surface area (Å²) in [5, 5.41) is 1.63. The number of methoxy groups -OCH3 is 2. The van der Waals surface area contributed by atoms with E-state index in [4.69, 9.17) is 26.8 Å². The average Bonchev–Trinajstić information content (AvgIpc) is 2.56. The molecule has 0 saturated heterocycles. The Balaban J connectivity index is 2.10. The van der Waals surface area contributed by atoms with Crippen molar-refractivity contribution in [1.29, 1.82) is 0 Å². The maximum absolute atomic E-state index is 6.13. The number of benzene rings is 2. The molecule has 1 aromatic heterocycles. The molecule has 2 N–H and O–H groups in total. The number of nitrogens with zero attached hydrogens (tertiary/aromatic N) is 1. The molecule has 0 saturated carbocycles. The largest absolute Gasteiger partial charge is 0.496 e. The summed E-state index contributed by atoms with van der Waals surface area (Å²) in [6.07, 6.45) is 0.564. The number of hydrogen-bond acceptors (Lipinski definition) is 4. The fraction of sp³-hybridized carbons (Fsp3) is 0.167. The van der Waals surface area contributed by atoms with E-state index in [9.17, 15) is 0 Å². The number of rotatable bonds is 4. The van der Waals surface area contributed by atoms with Crippen molar-refractivity contribution in [3.8, 4) is 11.5 Å². The average molecular weight is 329 g/mol. The van der Waals surface area contributed by atoms with E-state index in [2.05, 4.69) is 4.98 Å². The van der Waals surface area contributed by atoms with Crippen LogP contribution in [0.5, 0.6) is 11.5 Å². The summed E-state index contributed by atoms with van der Waals surface area (Å²) >= 11 is 6.07. The number of aromatic nitrogens is 1. The molecule has 0 spiro atoms. The van der Waals surface area contributed by atoms with Gasteiger partial charge < -0.3 is 15.2 Å². The molecule has 0 unspecified atom stereocenters. The fourth-order valence-corrected chi connectivity index (χ4v) is 2.82. The Hall–Kier alpha value is -2.46. The summed E-state index contributed by atoms with van der Waals surface area (Å²) in [5.41, 5.74) is 8.79. The van der Waals surface area contributed by atoms with Crippen molar-refractivity contribution in [2.24, 2.45) is 0 Å². The van der Waals surface area contributed by atoms with Crippen molar-refractivity contribution >= 4 is 28.3 Å². The lowest BCUT2D eigenvalue weighted by molar-refractivity contribution is 0.387. The number of ether oxygens (including phenoxy) is 2. The minimum Gasteiger partial charge on any atom is -0.496 e. The van der Waals surface area contributed by atoms with Gasteiger partial charge in [0.05, 0.1) is 19.7 Å². The first-order valence-corrected chi connectivity index (χ1v) is 7.54. The van der Waals surface area contributed by atoms with Crippen LogP contribution in [-0.2, 0) is 6.42 Å². The Bertz CT molecular complexity index is 843. The number of fused-ring (bicyclic) bond motifs is 1. The molecule has 23 heavy (non-hydrogen) atoms. The van der Waals surface area contributed by atoms with Crippen LogP contribution in [0.25, 0.3) is 10.9 Å². The summed E-state index contributed by atoms with van der Waals surface area (Å²) in [5.74, 6) is 2.01. The normalized spacial score (nSPS) is 10.7. The Morgan fingerprint density at radius 1 is 1.04 bits per heavy atom. The van der Waals surface area contributed by atoms with Crippen LogP contribution in [0, 0.1) is 0 Å². The number of hydrogen-bond donors (Lipinski definition) is 1. The van der Waals surface area contributed by atoms with Crippen LogP contribution in [0.2, 0.25) is 5.02 Å². The predicted octanol–water partition coefficient (Wildman–Crippen LogP) is 4.08. The van der Waals surface area contributed by atoms with Crippen molar-refractivity contribution in [2.75, 3.05) is 20.0 Å². The van der Waals surface area contributed by atoms with E-state index in [1.165, 1.54) is 0 Å². The van der Waals surface area contributed by atoms with E-state index in [0.29, 0.717) is 17.3 Å². The lowest BCUT2D eigenvalue weighted by atomic mass is 10.0. The SMILES string of the molecule is COc1cccc(OC)c1Cc1cc2cc(Cl)ccc2nc1N. The topological polar surface area (TPSA) is 57.4 Å². The zero-order chi connectivity index (χ0) is 16.4. The second kappa shape index (κ2) is 6.34. The third-order valence-corrected chi connectivity index (χ3v) is 4.02. The molecule has 1 heterocycles. The highest BCUT2D eigenvalue weighted by Gasteiger charge is 2.13. The maximum atomic E-state index is 6.13. The van der Waals surface area contributed by atoms with E-state index in [-0.39, 0.29) is 0 Å². The van der Waals surface area contributed by atoms with Gasteiger partial charge in [-0.3, -0.25) is 0 Å². The first kappa shape index (κ1) is 15.4. The summed E-state index contributed by atoms with van der Waals surface area (Å²) in [4.78, 5) is 4.46. The summed E-state index contributed by atoms with van der Waals surface area (Å²) < 4.78 is 10.9. The van der Waals surface area contributed by atoms with Crippen LogP contribution in [-0.4, -0.2) is 19.2 Å². The number of pyridine rings is 1. The lowest BCUT2D eigenvalue weighted by Crippen LogP contribution is -2.02. The Kier molecular flexibility index (Phi) is 4.26. The Morgan fingerprint density at radius 2 is 1.74 bits per heavy atom. The van der Waals surface area contributed by atoms with Crippen molar-refractivity contribution in [1.82, 2.24) is 4.98 Å². The van der Waals surface area contributed by atoms with Crippen LogP contribution in [0.4, 0.5) is 5.82 Å². The molecule has 0 atom stereocenters. The Morgan fingerprint density at radius 3 is 2.39 bits per heavy atom. The molecule has 2 aromatic carbocycles. The van der Waals surface area contributed by atoms with Gasteiger partial charge in [0, 0.05) is 22.4 Å². The third-order valence-electron chi connectivity index (χ3n) is 3.79. The van der Waals surface area contributed by atoms with E-state index >= 15 is 0 Å². The van der Waals surface area contributed by atoms with Gasteiger partial charge in [-0.15, -0.1) is 0 Å². The molecule has 3 rings (SSSR count). The third kappa shape index (κ3) is 3.03. The number of halogens is 1. The molecule has 3 aromatic rings. The molecule has 0 aliphatic rings. The molecule has 5 heteroatoms. The van der Waals surface area contributed by atoms with Crippen molar-refractivity contribution in [3.63, 3.8) is 0 Å². The van der Waals surface area contributed by atoms with Gasteiger partial charge in [0.1, 0.15) is 17.3 Å². The number of nitrogens with two attached hydrogens (primary N) is 1. The monoisotopic (exact) mass is 328 g/mol. The van der Waals surface area contributed by atoms with E-state index in [1.54, 1.807) is 20.3 Å². The highest BCUT2D eigenvalue weighted by atomic mass is 35.5. The highest BCUT2D eigenvalue weighted by Crippen LogP contribution is 2.32. The Labute approximate surface area is 139 Å². The van der Waals surface area contributed by atoms with Gasteiger partial charge in [-0.2, -0.15) is 0 Å². The smallest absolute Gasteiger partial charge is 0.127 e. The minimum atomic E-state index is 0.493. The summed E-state index contributed by atoms with van der Waals surface area (Å²) in [6.45, 7) is 0. The first-order chi connectivity index (χ1) is 11.1. The van der Waals surface area contributed by atoms with Crippen LogP contribution >= 0.6 is 11.6 Å². The van der Waals surface area contributed by atoms with Gasteiger partial charge in [0.2, 0.25) is 0 Å². The predicted molar refractivity (Wildman–Crippen MR) is 93.5 cm³/mol. The molecule has 118 valence electrons. The second-order valence-electron chi connectivity index (χ2n) is 5.19. The van der Waals surface area contributed by atoms with E-state index in [0.717, 1.165) is 33.5 Å². The van der Waals surface area contributed by atoms with Crippen molar-refractivity contribution in [3.05, 3.63) is 58.6 Å². The molecule has 0 fully saturated rings. The summed E-state index contributed by atoms with van der Waals surface area (Å²) in [6, 6.07) is 13.3. The molecular formula is C18H17ClN2O2. The van der Waals surface area contributed by atoms with E-state index in [1.807, 2.05) is 36.4 Å². The van der Waals surface area contributed by atoms with Gasteiger partial charge in [0.25, 0.3) is 0 Å². The second-order valence-corrected chi connectivity index (χ2v) is 5.62. The molecule has 0 amide bonds. The zero-order valence-electron chi connectivity index (χ0n) is 13.0. The lowest BCUT2D eigenvalue weighted by Gasteiger charge is -2.14. The quantitative estimate of drug-likeness (QED) is 0.784. The van der Waals surface area contributed by atoms with Crippen LogP contribution in [0.15, 0.2) is 42.5 Å². The standard InChI is InChI=1S/C18H17ClN2O2/c1-22-16-4-3-5-17(23-2)14(16)10-12-8-11-9-13(19)6-7-15(11)21-18(12)20/h3-9H,10H2,1-2H3,(H2,20,21). The fourth-order valence-electron chi connectivity index (χ4n) is 2.64. The van der Waals surface area contributed by atoms with Crippen molar-refractivity contribution < 1.29 is 9.47 Å². The number of nitrogen functional groups attached to an aromatic ring is 1. The summed E-state index contributed by atoms with van der Waals surface area (Å²) in [7, 11) is 3.28. The van der Waals surface area contributed by atoms with E-state index < -0.39 is 0 Å². The van der Waals surface area contributed by atoms with Crippen molar-refractivity contribution in [2.45, 2.75) is 6.42 Å². The molecule has 0 bridgehead atoms. The van der Waals surface area contributed by atoms with Gasteiger partial charge in [-0.25, -0.2) is 4.98 Å². The maximum Gasteiger partial charge on any atom is 0.127 e. The van der Waals surface area contributed by atoms with Gasteiger partial charge in [-0.05, 0) is 42.0 Å². The van der Waals surface area contributed by atoms with Crippen LogP contribution in [0.3, 0.4) is 0 Å². The van der Waals surface area contributed by atoms with Crippen LogP contribution in [0.1, 0.15) is 11.1 Å². The minimum absolute atomic E-state index is 0.493. The molecule has 4 nitrogen and oxygen atoms in total. The van der Waals surface area contributed by atoms with Gasteiger partial charge in [-0.1, -0.05) is 17.7 Å². The molecule has 0 aliphatic carbocycles. The van der Waals surface area contributed by atoms with Gasteiger partial charge >= 0.3 is 0 Å². The molecule has 0 aliphatic heterocycles. The highest BCUT2D eigenvalue weighted by molar-refractivity contribution is 6.31. The van der Waals surface area contributed by atoms with Crippen LogP contribution < -0.4 is 15.2 Å². The molecule has 0 radical (unpaired) electrons. The zero-order valence-corrected chi connectivity index (χ0v) is 13.7. The first-order valence-electron chi connectivity index (χ1n) is 7.17. The molecular weight excluding hydrogens is 312 g/mol. The van der Waals surface area contributed by atoms with Gasteiger partial charge in [0.15, 0.2) is 0 Å².